The van der Waals surface area contributed by atoms with E-state index in [0.29, 0.717) is 12.1 Å². The lowest BCUT2D eigenvalue weighted by molar-refractivity contribution is 0.399. The zero-order valence-corrected chi connectivity index (χ0v) is 12.9. The molecule has 2 unspecified atom stereocenters. The molecule has 0 aromatic heterocycles. The Morgan fingerprint density at radius 1 is 0.778 bits per heavy atom. The number of rotatable bonds is 6. The van der Waals surface area contributed by atoms with E-state index in [9.17, 15) is 0 Å². The molecule has 2 heteroatoms. The van der Waals surface area contributed by atoms with Crippen molar-refractivity contribution in [3.05, 3.63) is 24.3 Å². The molecule has 0 saturated heterocycles. The van der Waals surface area contributed by atoms with Crippen molar-refractivity contribution in [1.82, 2.24) is 10.6 Å². The average molecular weight is 250 g/mol. The molecule has 1 aliphatic carbocycles. The quantitative estimate of drug-likeness (QED) is 0.706. The molecule has 104 valence electrons. The Morgan fingerprint density at radius 3 is 1.28 bits per heavy atom. The first-order valence-electron chi connectivity index (χ1n) is 7.28. The van der Waals surface area contributed by atoms with Crippen molar-refractivity contribution in [1.29, 1.82) is 0 Å². The van der Waals surface area contributed by atoms with Gasteiger partial charge in [-0.2, -0.15) is 0 Å². The second kappa shape index (κ2) is 6.03. The highest BCUT2D eigenvalue weighted by Gasteiger charge is 2.28. The molecule has 0 bridgehead atoms. The first-order valence-corrected chi connectivity index (χ1v) is 7.28. The fourth-order valence-electron chi connectivity index (χ4n) is 2.26. The van der Waals surface area contributed by atoms with E-state index in [1.807, 2.05) is 0 Å². The summed E-state index contributed by atoms with van der Waals surface area (Å²) in [6.07, 6.45) is 11.4. The lowest BCUT2D eigenvalue weighted by Crippen LogP contribution is -2.50. The van der Waals surface area contributed by atoms with Crippen molar-refractivity contribution >= 4 is 0 Å². The second-order valence-corrected chi connectivity index (χ2v) is 6.14. The molecule has 0 amide bonds. The minimum absolute atomic E-state index is 0.00787. The van der Waals surface area contributed by atoms with Crippen LogP contribution in [-0.4, -0.2) is 23.2 Å². The summed E-state index contributed by atoms with van der Waals surface area (Å²) in [7, 11) is 0. The van der Waals surface area contributed by atoms with Crippen LogP contribution in [0, 0.1) is 0 Å². The largest absolute Gasteiger partial charge is 0.302 e. The highest BCUT2D eigenvalue weighted by atomic mass is 15.0. The Hall–Kier alpha value is -0.600. The van der Waals surface area contributed by atoms with E-state index in [1.54, 1.807) is 0 Å². The molecular formula is C16H30N2. The summed E-state index contributed by atoms with van der Waals surface area (Å²) < 4.78 is 0. The van der Waals surface area contributed by atoms with Crippen LogP contribution in [0.15, 0.2) is 24.3 Å². The van der Waals surface area contributed by atoms with Gasteiger partial charge in [0.1, 0.15) is 0 Å². The van der Waals surface area contributed by atoms with Gasteiger partial charge in [-0.15, -0.1) is 0 Å². The third kappa shape index (κ3) is 4.25. The van der Waals surface area contributed by atoms with Crippen LogP contribution in [0.2, 0.25) is 0 Å². The molecule has 1 aliphatic rings. The highest BCUT2D eigenvalue weighted by molar-refractivity contribution is 5.32. The zero-order chi connectivity index (χ0) is 13.8. The van der Waals surface area contributed by atoms with Crippen molar-refractivity contribution in [2.75, 3.05) is 0 Å². The molecule has 0 fully saturated rings. The maximum atomic E-state index is 3.65. The van der Waals surface area contributed by atoms with E-state index < -0.39 is 0 Å². The van der Waals surface area contributed by atoms with E-state index in [1.165, 1.54) is 0 Å². The molecule has 0 aliphatic heterocycles. The maximum Gasteiger partial charge on any atom is 0.0524 e. The van der Waals surface area contributed by atoms with E-state index in [-0.39, 0.29) is 11.1 Å². The van der Waals surface area contributed by atoms with Gasteiger partial charge in [-0.1, -0.05) is 38.2 Å². The zero-order valence-electron chi connectivity index (χ0n) is 12.9. The highest BCUT2D eigenvalue weighted by Crippen LogP contribution is 2.23. The van der Waals surface area contributed by atoms with Crippen molar-refractivity contribution in [2.45, 2.75) is 77.5 Å². The van der Waals surface area contributed by atoms with Crippen LogP contribution in [0.25, 0.3) is 0 Å². The molecule has 0 spiro atoms. The molecular weight excluding hydrogens is 220 g/mol. The first-order chi connectivity index (χ1) is 8.32. The number of nitrogens with one attached hydrogen (secondary N) is 2. The lowest BCUT2D eigenvalue weighted by Gasteiger charge is -2.37. The van der Waals surface area contributed by atoms with Gasteiger partial charge >= 0.3 is 0 Å². The van der Waals surface area contributed by atoms with E-state index in [2.05, 4.69) is 76.5 Å². The van der Waals surface area contributed by atoms with Gasteiger partial charge in [0.15, 0.2) is 0 Å². The SMILES string of the molecule is CCC(C)NC1(C)C=CC(C)(NC(C)CC)C=C1. The minimum atomic E-state index is -0.00787. The van der Waals surface area contributed by atoms with E-state index in [0.717, 1.165) is 12.8 Å². The van der Waals surface area contributed by atoms with Crippen LogP contribution in [-0.2, 0) is 0 Å². The van der Waals surface area contributed by atoms with Gasteiger partial charge in [-0.05, 0) is 40.5 Å². The predicted octanol–water partition coefficient (Wildman–Crippen LogP) is 3.41. The molecule has 0 aromatic carbocycles. The van der Waals surface area contributed by atoms with Gasteiger partial charge in [0.05, 0.1) is 11.1 Å². The van der Waals surface area contributed by atoms with Gasteiger partial charge in [-0.3, -0.25) is 0 Å². The molecule has 0 radical (unpaired) electrons. The van der Waals surface area contributed by atoms with E-state index in [4.69, 9.17) is 0 Å². The summed E-state index contributed by atoms with van der Waals surface area (Å²) in [5, 5.41) is 7.30. The van der Waals surface area contributed by atoms with Gasteiger partial charge < -0.3 is 10.6 Å². The van der Waals surface area contributed by atoms with Gasteiger partial charge in [-0.25, -0.2) is 0 Å². The maximum absolute atomic E-state index is 3.65. The minimum Gasteiger partial charge on any atom is -0.302 e. The summed E-state index contributed by atoms with van der Waals surface area (Å²) in [6, 6.07) is 1.08. The smallest absolute Gasteiger partial charge is 0.0524 e. The van der Waals surface area contributed by atoms with Crippen molar-refractivity contribution < 1.29 is 0 Å². The van der Waals surface area contributed by atoms with Crippen LogP contribution in [0.3, 0.4) is 0 Å². The fraction of sp³-hybridized carbons (Fsp3) is 0.750. The summed E-state index contributed by atoms with van der Waals surface area (Å²) in [5.41, 5.74) is -0.0157. The number of hydrogen-bond donors (Lipinski definition) is 2. The normalized spacial score (nSPS) is 34.6. The average Bonchev–Trinajstić information content (AvgIpc) is 2.33. The van der Waals surface area contributed by atoms with Gasteiger partial charge in [0, 0.05) is 12.1 Å². The van der Waals surface area contributed by atoms with Crippen LogP contribution >= 0.6 is 0 Å². The lowest BCUT2D eigenvalue weighted by atomic mass is 9.86. The molecule has 2 N–H and O–H groups in total. The molecule has 0 heterocycles. The summed E-state index contributed by atoms with van der Waals surface area (Å²) >= 11 is 0. The topological polar surface area (TPSA) is 24.1 Å². The Bertz CT molecular complexity index is 273. The van der Waals surface area contributed by atoms with Crippen molar-refractivity contribution in [2.24, 2.45) is 0 Å². The molecule has 2 nitrogen and oxygen atoms in total. The fourth-order valence-corrected chi connectivity index (χ4v) is 2.26. The van der Waals surface area contributed by atoms with Crippen molar-refractivity contribution in [3.8, 4) is 0 Å². The van der Waals surface area contributed by atoms with Crippen LogP contribution < -0.4 is 10.6 Å². The monoisotopic (exact) mass is 250 g/mol. The first kappa shape index (κ1) is 15.5. The standard InChI is InChI=1S/C16H30N2/c1-7-13(3)17-15(5)9-11-16(6,12-10-15)18-14(4)8-2/h9-14,17-18H,7-8H2,1-6H3. The van der Waals surface area contributed by atoms with Crippen LogP contribution in [0.1, 0.15) is 54.4 Å². The summed E-state index contributed by atoms with van der Waals surface area (Å²) in [4.78, 5) is 0. The van der Waals surface area contributed by atoms with Gasteiger partial charge in [0.25, 0.3) is 0 Å². The van der Waals surface area contributed by atoms with Crippen molar-refractivity contribution in [3.63, 3.8) is 0 Å². The Morgan fingerprint density at radius 2 is 1.06 bits per heavy atom. The third-order valence-electron chi connectivity index (χ3n) is 3.89. The van der Waals surface area contributed by atoms with Crippen LogP contribution in [0.4, 0.5) is 0 Å². The Labute approximate surface area is 113 Å². The van der Waals surface area contributed by atoms with Crippen LogP contribution in [0.5, 0.6) is 0 Å². The molecule has 0 aromatic rings. The van der Waals surface area contributed by atoms with E-state index >= 15 is 0 Å². The Balaban J connectivity index is 2.67. The molecule has 2 atom stereocenters. The Kier molecular flexibility index (Phi) is 5.18. The predicted molar refractivity (Wildman–Crippen MR) is 80.9 cm³/mol. The van der Waals surface area contributed by atoms with Gasteiger partial charge in [0.2, 0.25) is 0 Å². The second-order valence-electron chi connectivity index (χ2n) is 6.14. The third-order valence-corrected chi connectivity index (χ3v) is 3.89. The summed E-state index contributed by atoms with van der Waals surface area (Å²) in [5.74, 6) is 0. The number of hydrogen-bond acceptors (Lipinski definition) is 2. The molecule has 18 heavy (non-hydrogen) atoms. The summed E-state index contributed by atoms with van der Waals surface area (Å²) in [6.45, 7) is 13.4. The molecule has 0 saturated carbocycles. The molecule has 1 rings (SSSR count).